The topological polar surface area (TPSA) is 74.1 Å². The zero-order chi connectivity index (χ0) is 16.1. The lowest BCUT2D eigenvalue weighted by Gasteiger charge is -2.08. The second-order valence-corrected chi connectivity index (χ2v) is 7.21. The van der Waals surface area contributed by atoms with Gasteiger partial charge in [0.2, 0.25) is 11.8 Å². The van der Waals surface area contributed by atoms with Gasteiger partial charge in [0.1, 0.15) is 0 Å². The van der Waals surface area contributed by atoms with Crippen molar-refractivity contribution in [3.63, 3.8) is 0 Å². The standard InChI is InChI=1S/C15H16N4O2S2/c20-12-7-4-8-19-14(17-12)23-15(18-19)22-10-13(21)16-9-11-5-2-1-3-6-11/h1-3,5-6H,4,7-10H2,(H,16,21). The number of benzene rings is 1. The molecule has 3 rings (SSSR count). The van der Waals surface area contributed by atoms with Gasteiger partial charge in [-0.25, -0.2) is 5.01 Å². The van der Waals surface area contributed by atoms with Crippen molar-refractivity contribution in [3.05, 3.63) is 35.9 Å². The summed E-state index contributed by atoms with van der Waals surface area (Å²) in [5.74, 6) is 0.160. The van der Waals surface area contributed by atoms with E-state index in [1.165, 1.54) is 23.5 Å². The number of fused-ring (bicyclic) bond motifs is 1. The molecular weight excluding hydrogens is 332 g/mol. The molecule has 0 saturated heterocycles. The molecule has 1 N–H and O–H groups in total. The van der Waals surface area contributed by atoms with Gasteiger partial charge in [0.15, 0.2) is 9.54 Å². The number of rotatable bonds is 4. The second-order valence-electron chi connectivity index (χ2n) is 5.03. The van der Waals surface area contributed by atoms with Crippen LogP contribution in [0.25, 0.3) is 0 Å². The van der Waals surface area contributed by atoms with Crippen LogP contribution >= 0.6 is 23.5 Å². The Labute approximate surface area is 142 Å². The van der Waals surface area contributed by atoms with Crippen molar-refractivity contribution in [1.29, 1.82) is 0 Å². The zero-order valence-corrected chi connectivity index (χ0v) is 14.0. The van der Waals surface area contributed by atoms with E-state index in [1.807, 2.05) is 30.3 Å². The Morgan fingerprint density at radius 2 is 2.17 bits per heavy atom. The van der Waals surface area contributed by atoms with Gasteiger partial charge >= 0.3 is 0 Å². The molecule has 2 amide bonds. The van der Waals surface area contributed by atoms with Crippen LogP contribution in [0.5, 0.6) is 0 Å². The summed E-state index contributed by atoms with van der Waals surface area (Å²) in [6.07, 6.45) is 1.23. The van der Waals surface area contributed by atoms with Crippen LogP contribution in [-0.2, 0) is 16.1 Å². The van der Waals surface area contributed by atoms with E-state index < -0.39 is 0 Å². The number of hydrogen-bond donors (Lipinski definition) is 1. The number of nitrogens with one attached hydrogen (secondary N) is 1. The molecule has 120 valence electrons. The molecule has 8 heteroatoms. The minimum Gasteiger partial charge on any atom is -0.351 e. The minimum absolute atomic E-state index is 0.0396. The molecule has 2 aliphatic rings. The maximum atomic E-state index is 11.9. The van der Waals surface area contributed by atoms with Gasteiger partial charge in [0, 0.05) is 19.5 Å². The molecule has 0 saturated carbocycles. The fourth-order valence-electron chi connectivity index (χ4n) is 2.09. The molecular formula is C15H16N4O2S2. The number of amides is 2. The molecule has 23 heavy (non-hydrogen) atoms. The van der Waals surface area contributed by atoms with E-state index in [-0.39, 0.29) is 11.8 Å². The molecule has 0 radical (unpaired) electrons. The average molecular weight is 348 g/mol. The number of carbonyl (C=O) groups excluding carboxylic acids is 2. The fourth-order valence-corrected chi connectivity index (χ4v) is 3.92. The summed E-state index contributed by atoms with van der Waals surface area (Å²) in [6.45, 7) is 1.22. The number of nitrogens with zero attached hydrogens (tertiary/aromatic N) is 3. The van der Waals surface area contributed by atoms with Gasteiger partial charge in [-0.1, -0.05) is 42.1 Å². The summed E-state index contributed by atoms with van der Waals surface area (Å²) in [4.78, 5) is 27.4. The van der Waals surface area contributed by atoms with Crippen LogP contribution in [0.1, 0.15) is 18.4 Å². The number of hydrogen-bond acceptors (Lipinski definition) is 6. The van der Waals surface area contributed by atoms with E-state index in [0.717, 1.165) is 16.4 Å². The summed E-state index contributed by atoms with van der Waals surface area (Å²) in [6, 6.07) is 9.78. The smallest absolute Gasteiger partial charge is 0.248 e. The van der Waals surface area contributed by atoms with Crippen molar-refractivity contribution in [2.45, 2.75) is 19.4 Å². The summed E-state index contributed by atoms with van der Waals surface area (Å²) >= 11 is 2.72. The minimum atomic E-state index is -0.0999. The quantitative estimate of drug-likeness (QED) is 0.901. The molecule has 6 nitrogen and oxygen atoms in total. The van der Waals surface area contributed by atoms with Gasteiger partial charge in [-0.05, 0) is 23.7 Å². The van der Waals surface area contributed by atoms with Gasteiger partial charge in [0.25, 0.3) is 0 Å². The zero-order valence-electron chi connectivity index (χ0n) is 12.4. The third-order valence-corrected chi connectivity index (χ3v) is 5.32. The summed E-state index contributed by atoms with van der Waals surface area (Å²) in [7, 11) is 0. The van der Waals surface area contributed by atoms with E-state index in [4.69, 9.17) is 0 Å². The maximum absolute atomic E-state index is 11.9. The Bertz CT molecular complexity index is 661. The SMILES string of the molecule is O=C1CCCN2N=C(SCC(=O)NCc3ccccc3)SC2=N1. The van der Waals surface area contributed by atoms with Gasteiger partial charge in [-0.2, -0.15) is 10.1 Å². The predicted octanol–water partition coefficient (Wildman–Crippen LogP) is 2.03. The monoisotopic (exact) mass is 348 g/mol. The first-order valence-electron chi connectivity index (χ1n) is 7.29. The summed E-state index contributed by atoms with van der Waals surface area (Å²) in [5.41, 5.74) is 1.07. The third kappa shape index (κ3) is 4.59. The highest BCUT2D eigenvalue weighted by Crippen LogP contribution is 2.29. The van der Waals surface area contributed by atoms with Crippen LogP contribution in [0.15, 0.2) is 40.4 Å². The molecule has 2 heterocycles. The van der Waals surface area contributed by atoms with Crippen LogP contribution < -0.4 is 5.32 Å². The molecule has 0 aliphatic carbocycles. The molecule has 0 spiro atoms. The Balaban J connectivity index is 1.45. The molecule has 2 aliphatic heterocycles. The number of thioether (sulfide) groups is 2. The highest BCUT2D eigenvalue weighted by Gasteiger charge is 2.26. The largest absolute Gasteiger partial charge is 0.351 e. The van der Waals surface area contributed by atoms with E-state index in [9.17, 15) is 9.59 Å². The van der Waals surface area contributed by atoms with E-state index in [0.29, 0.717) is 30.4 Å². The predicted molar refractivity (Wildman–Crippen MR) is 94.2 cm³/mol. The molecule has 0 atom stereocenters. The molecule has 1 aromatic rings. The molecule has 0 unspecified atom stereocenters. The lowest BCUT2D eigenvalue weighted by molar-refractivity contribution is -0.119. The third-order valence-electron chi connectivity index (χ3n) is 3.24. The first kappa shape index (κ1) is 16.1. The van der Waals surface area contributed by atoms with Gasteiger partial charge in [0.05, 0.1) is 5.75 Å². The van der Waals surface area contributed by atoms with E-state index in [2.05, 4.69) is 15.4 Å². The maximum Gasteiger partial charge on any atom is 0.248 e. The van der Waals surface area contributed by atoms with E-state index >= 15 is 0 Å². The highest BCUT2D eigenvalue weighted by molar-refractivity contribution is 8.45. The first-order valence-corrected chi connectivity index (χ1v) is 9.10. The van der Waals surface area contributed by atoms with Crippen LogP contribution in [-0.4, -0.2) is 38.7 Å². The van der Waals surface area contributed by atoms with Crippen LogP contribution in [0, 0.1) is 0 Å². The Kier molecular flexibility index (Phi) is 5.35. The van der Waals surface area contributed by atoms with Crippen LogP contribution in [0.2, 0.25) is 0 Å². The van der Waals surface area contributed by atoms with Gasteiger partial charge < -0.3 is 5.32 Å². The lowest BCUT2D eigenvalue weighted by Crippen LogP contribution is -2.24. The first-order chi connectivity index (χ1) is 11.2. The number of aliphatic imine (C=N–C) groups is 1. The van der Waals surface area contributed by atoms with Crippen molar-refractivity contribution in [2.24, 2.45) is 10.1 Å². The normalized spacial score (nSPS) is 17.2. The number of carbonyl (C=O) groups is 2. The molecule has 0 fully saturated rings. The summed E-state index contributed by atoms with van der Waals surface area (Å²) in [5, 5.41) is 9.66. The van der Waals surface area contributed by atoms with Crippen molar-refractivity contribution in [3.8, 4) is 0 Å². The Morgan fingerprint density at radius 3 is 3.00 bits per heavy atom. The van der Waals surface area contributed by atoms with Crippen LogP contribution in [0.4, 0.5) is 0 Å². The average Bonchev–Trinajstić information content (AvgIpc) is 2.85. The Hall–Kier alpha value is -1.80. The van der Waals surface area contributed by atoms with Gasteiger partial charge in [-0.15, -0.1) is 0 Å². The van der Waals surface area contributed by atoms with Crippen molar-refractivity contribution in [2.75, 3.05) is 12.3 Å². The van der Waals surface area contributed by atoms with Crippen molar-refractivity contribution >= 4 is 44.9 Å². The van der Waals surface area contributed by atoms with Crippen LogP contribution in [0.3, 0.4) is 0 Å². The number of hydrazone groups is 1. The molecule has 0 aromatic heterocycles. The Morgan fingerprint density at radius 1 is 1.35 bits per heavy atom. The summed E-state index contributed by atoms with van der Waals surface area (Å²) < 4.78 is 0.758. The molecule has 0 bridgehead atoms. The highest BCUT2D eigenvalue weighted by atomic mass is 32.2. The molecule has 1 aromatic carbocycles. The van der Waals surface area contributed by atoms with Crippen molar-refractivity contribution in [1.82, 2.24) is 10.3 Å². The van der Waals surface area contributed by atoms with Gasteiger partial charge in [-0.3, -0.25) is 9.59 Å². The van der Waals surface area contributed by atoms with Crippen molar-refractivity contribution < 1.29 is 9.59 Å². The second kappa shape index (κ2) is 7.65. The lowest BCUT2D eigenvalue weighted by atomic mass is 10.2. The fraction of sp³-hybridized carbons (Fsp3) is 0.333. The van der Waals surface area contributed by atoms with E-state index in [1.54, 1.807) is 5.01 Å². The number of amidine groups is 1.